The van der Waals surface area contributed by atoms with Crippen molar-refractivity contribution < 1.29 is 18.7 Å². The van der Waals surface area contributed by atoms with Gasteiger partial charge in [-0.15, -0.1) is 0 Å². The Morgan fingerprint density at radius 3 is 2.65 bits per heavy atom. The molecule has 6 heteroatoms. The van der Waals surface area contributed by atoms with Crippen LogP contribution in [-0.2, 0) is 16.0 Å². The van der Waals surface area contributed by atoms with E-state index in [2.05, 4.69) is 5.32 Å². The Balaban J connectivity index is 1.99. The number of rotatable bonds is 7. The Morgan fingerprint density at radius 1 is 1.19 bits per heavy atom. The molecule has 0 fully saturated rings. The summed E-state index contributed by atoms with van der Waals surface area (Å²) in [6.07, 6.45) is 0.510. The fraction of sp³-hybridized carbons (Fsp3) is 0.440. The van der Waals surface area contributed by atoms with E-state index in [0.29, 0.717) is 25.3 Å². The van der Waals surface area contributed by atoms with Crippen molar-refractivity contribution in [2.75, 3.05) is 13.1 Å². The van der Waals surface area contributed by atoms with Crippen LogP contribution in [0.25, 0.3) is 0 Å². The van der Waals surface area contributed by atoms with Crippen LogP contribution in [0.5, 0.6) is 5.75 Å². The Morgan fingerprint density at radius 2 is 1.97 bits per heavy atom. The first-order chi connectivity index (χ1) is 14.8. The molecule has 0 unspecified atom stereocenters. The number of nitrogens with zero attached hydrogens (tertiary/aromatic N) is 1. The molecule has 31 heavy (non-hydrogen) atoms. The summed E-state index contributed by atoms with van der Waals surface area (Å²) in [5.41, 5.74) is 2.74. The van der Waals surface area contributed by atoms with Gasteiger partial charge in [-0.3, -0.25) is 9.59 Å². The van der Waals surface area contributed by atoms with E-state index in [0.717, 1.165) is 23.1 Å². The second kappa shape index (κ2) is 9.94. The van der Waals surface area contributed by atoms with Crippen LogP contribution in [0.15, 0.2) is 42.5 Å². The van der Waals surface area contributed by atoms with E-state index in [1.807, 2.05) is 49.9 Å². The lowest BCUT2D eigenvalue weighted by Crippen LogP contribution is -2.41. The average molecular weight is 427 g/mol. The first kappa shape index (κ1) is 22.8. The maximum atomic E-state index is 14.1. The van der Waals surface area contributed by atoms with Crippen LogP contribution in [-0.4, -0.2) is 35.9 Å². The van der Waals surface area contributed by atoms with Gasteiger partial charge in [0.2, 0.25) is 5.91 Å². The highest BCUT2D eigenvalue weighted by Gasteiger charge is 2.33. The van der Waals surface area contributed by atoms with E-state index in [9.17, 15) is 14.0 Å². The quantitative estimate of drug-likeness (QED) is 0.720. The van der Waals surface area contributed by atoms with Gasteiger partial charge in [0.05, 0.1) is 6.04 Å². The van der Waals surface area contributed by atoms with Gasteiger partial charge in [0.15, 0.2) is 6.10 Å². The smallest absolute Gasteiger partial charge is 0.260 e. The standard InChI is InChI=1S/C25H31FN2O3/c1-5-27-25(30)17(4)31-21-10-9-18-11-12-28(23(29)13-16(2)3)24(22(18)15-21)19-7-6-8-20(26)14-19/h6-10,14-17,24H,5,11-13H2,1-4H3,(H,27,30)/t17-,24-/m0/s1. The second-order valence-corrected chi connectivity index (χ2v) is 8.41. The molecule has 1 aliphatic rings. The highest BCUT2D eigenvalue weighted by molar-refractivity contribution is 5.80. The molecule has 0 radical (unpaired) electrons. The fourth-order valence-corrected chi connectivity index (χ4v) is 4.01. The van der Waals surface area contributed by atoms with Crippen molar-refractivity contribution >= 4 is 11.8 Å². The SMILES string of the molecule is CCNC(=O)[C@H](C)Oc1ccc2c(c1)[C@H](c1cccc(F)c1)N(C(=O)CC(C)C)CC2. The van der Waals surface area contributed by atoms with Gasteiger partial charge in [-0.1, -0.05) is 32.0 Å². The van der Waals surface area contributed by atoms with Crippen LogP contribution in [0, 0.1) is 11.7 Å². The Labute approximate surface area is 183 Å². The fourth-order valence-electron chi connectivity index (χ4n) is 4.01. The molecule has 0 spiro atoms. The zero-order valence-electron chi connectivity index (χ0n) is 18.7. The van der Waals surface area contributed by atoms with Crippen LogP contribution in [0.3, 0.4) is 0 Å². The lowest BCUT2D eigenvalue weighted by Gasteiger charge is -2.38. The van der Waals surface area contributed by atoms with E-state index in [4.69, 9.17) is 4.74 Å². The molecule has 1 aliphatic heterocycles. The third-order valence-electron chi connectivity index (χ3n) is 5.45. The Kier molecular flexibility index (Phi) is 7.31. The van der Waals surface area contributed by atoms with Crippen LogP contribution in [0.1, 0.15) is 56.8 Å². The summed E-state index contributed by atoms with van der Waals surface area (Å²) in [6, 6.07) is 11.7. The van der Waals surface area contributed by atoms with Crippen LogP contribution < -0.4 is 10.1 Å². The van der Waals surface area contributed by atoms with Gasteiger partial charge in [0.25, 0.3) is 5.91 Å². The molecule has 166 valence electrons. The summed E-state index contributed by atoms with van der Waals surface area (Å²) in [5, 5.41) is 2.75. The number of carbonyl (C=O) groups is 2. The molecule has 1 N–H and O–H groups in total. The van der Waals surface area contributed by atoms with Crippen molar-refractivity contribution in [1.82, 2.24) is 10.2 Å². The summed E-state index contributed by atoms with van der Waals surface area (Å²) in [5.74, 6) is 0.317. The molecule has 2 aromatic rings. The van der Waals surface area contributed by atoms with E-state index < -0.39 is 12.1 Å². The molecule has 0 saturated heterocycles. The van der Waals surface area contributed by atoms with Crippen molar-refractivity contribution in [1.29, 1.82) is 0 Å². The Hall–Kier alpha value is -2.89. The predicted molar refractivity (Wildman–Crippen MR) is 118 cm³/mol. The number of benzene rings is 2. The highest BCUT2D eigenvalue weighted by atomic mass is 19.1. The third kappa shape index (κ3) is 5.43. The normalized spacial score (nSPS) is 16.6. The number of ether oxygens (including phenoxy) is 1. The molecule has 1 heterocycles. The number of hydrogen-bond donors (Lipinski definition) is 1. The Bertz CT molecular complexity index is 944. The molecule has 2 aromatic carbocycles. The van der Waals surface area contributed by atoms with E-state index in [-0.39, 0.29) is 23.5 Å². The van der Waals surface area contributed by atoms with E-state index in [1.165, 1.54) is 12.1 Å². The number of amides is 2. The number of halogens is 1. The zero-order valence-corrected chi connectivity index (χ0v) is 18.7. The van der Waals surface area contributed by atoms with Crippen molar-refractivity contribution in [3.63, 3.8) is 0 Å². The number of hydrogen-bond acceptors (Lipinski definition) is 3. The monoisotopic (exact) mass is 426 g/mol. The van der Waals surface area contributed by atoms with Crippen LogP contribution in [0.4, 0.5) is 4.39 Å². The molecule has 0 aromatic heterocycles. The first-order valence-corrected chi connectivity index (χ1v) is 10.9. The molecule has 0 aliphatic carbocycles. The predicted octanol–water partition coefficient (Wildman–Crippen LogP) is 4.25. The summed E-state index contributed by atoms with van der Waals surface area (Å²) >= 11 is 0. The molecule has 3 rings (SSSR count). The van der Waals surface area contributed by atoms with E-state index >= 15 is 0 Å². The maximum absolute atomic E-state index is 14.1. The lowest BCUT2D eigenvalue weighted by atomic mass is 9.87. The summed E-state index contributed by atoms with van der Waals surface area (Å²) in [6.45, 7) is 8.70. The van der Waals surface area contributed by atoms with Crippen molar-refractivity contribution in [2.24, 2.45) is 5.92 Å². The largest absolute Gasteiger partial charge is 0.481 e. The van der Waals surface area contributed by atoms with Gasteiger partial charge in [0.1, 0.15) is 11.6 Å². The van der Waals surface area contributed by atoms with Crippen LogP contribution >= 0.6 is 0 Å². The van der Waals surface area contributed by atoms with Crippen LogP contribution in [0.2, 0.25) is 0 Å². The van der Waals surface area contributed by atoms with Gasteiger partial charge in [-0.05, 0) is 67.1 Å². The maximum Gasteiger partial charge on any atom is 0.260 e. The second-order valence-electron chi connectivity index (χ2n) is 8.41. The van der Waals surface area contributed by atoms with Gasteiger partial charge in [-0.25, -0.2) is 4.39 Å². The molecule has 0 bridgehead atoms. The van der Waals surface area contributed by atoms with E-state index in [1.54, 1.807) is 13.0 Å². The zero-order chi connectivity index (χ0) is 22.5. The number of nitrogens with one attached hydrogen (secondary N) is 1. The highest BCUT2D eigenvalue weighted by Crippen LogP contribution is 2.38. The molecule has 2 atom stereocenters. The number of fused-ring (bicyclic) bond motifs is 1. The molecular formula is C25H31FN2O3. The molecular weight excluding hydrogens is 395 g/mol. The molecule has 5 nitrogen and oxygen atoms in total. The minimum atomic E-state index is -0.645. The topological polar surface area (TPSA) is 58.6 Å². The summed E-state index contributed by atoms with van der Waals surface area (Å²) in [4.78, 5) is 27.0. The van der Waals surface area contributed by atoms with Gasteiger partial charge < -0.3 is 15.0 Å². The van der Waals surface area contributed by atoms with Crippen molar-refractivity contribution in [2.45, 2.75) is 52.7 Å². The van der Waals surface area contributed by atoms with Crippen molar-refractivity contribution in [3.05, 3.63) is 65.0 Å². The molecule has 0 saturated carbocycles. The minimum absolute atomic E-state index is 0.0527. The average Bonchev–Trinajstić information content (AvgIpc) is 2.72. The third-order valence-corrected chi connectivity index (χ3v) is 5.45. The van der Waals surface area contributed by atoms with Gasteiger partial charge in [-0.2, -0.15) is 0 Å². The number of likely N-dealkylation sites (N-methyl/N-ethyl adjacent to an activating group) is 1. The van der Waals surface area contributed by atoms with Gasteiger partial charge >= 0.3 is 0 Å². The summed E-state index contributed by atoms with van der Waals surface area (Å²) in [7, 11) is 0. The van der Waals surface area contributed by atoms with Gasteiger partial charge in [0, 0.05) is 19.5 Å². The first-order valence-electron chi connectivity index (χ1n) is 10.9. The summed E-state index contributed by atoms with van der Waals surface area (Å²) < 4.78 is 19.9. The minimum Gasteiger partial charge on any atom is -0.481 e. The lowest BCUT2D eigenvalue weighted by molar-refractivity contribution is -0.134. The number of carbonyl (C=O) groups excluding carboxylic acids is 2. The molecule has 2 amide bonds. The van der Waals surface area contributed by atoms with Crippen molar-refractivity contribution in [3.8, 4) is 5.75 Å².